The molecule has 0 heterocycles. The molecule has 0 heteroatoms. The van der Waals surface area contributed by atoms with Crippen molar-refractivity contribution in [3.63, 3.8) is 0 Å². The van der Waals surface area contributed by atoms with E-state index in [1.165, 1.54) is 48.0 Å². The average Bonchev–Trinajstić information content (AvgIpc) is 2.39. The predicted octanol–water partition coefficient (Wildman–Crippen LogP) is 6.57. The summed E-state index contributed by atoms with van der Waals surface area (Å²) in [6, 6.07) is 8.97. The van der Waals surface area contributed by atoms with Crippen molar-refractivity contribution >= 4 is 0 Å². The van der Waals surface area contributed by atoms with Crippen molar-refractivity contribution in [1.29, 1.82) is 0 Å². The van der Waals surface area contributed by atoms with Crippen LogP contribution in [0.3, 0.4) is 0 Å². The van der Waals surface area contributed by atoms with Gasteiger partial charge >= 0.3 is 0 Å². The molecule has 1 rings (SSSR count). The maximum absolute atomic E-state index is 2.42. The second-order valence-electron chi connectivity index (χ2n) is 6.26. The van der Waals surface area contributed by atoms with Gasteiger partial charge in [0.25, 0.3) is 0 Å². The van der Waals surface area contributed by atoms with Gasteiger partial charge in [-0.05, 0) is 64.9 Å². The second-order valence-corrected chi connectivity index (χ2v) is 6.26. The molecule has 0 aliphatic carbocycles. The van der Waals surface area contributed by atoms with Crippen molar-refractivity contribution in [2.75, 3.05) is 0 Å². The number of aryl methyl sites for hydroxylation is 1. The van der Waals surface area contributed by atoms with Gasteiger partial charge in [-0.3, -0.25) is 0 Å². The predicted molar refractivity (Wildman–Crippen MR) is 91.3 cm³/mol. The third-order valence-corrected chi connectivity index (χ3v) is 3.83. The van der Waals surface area contributed by atoms with Crippen molar-refractivity contribution in [2.45, 2.75) is 66.2 Å². The third kappa shape index (κ3) is 6.75. The van der Waals surface area contributed by atoms with Crippen LogP contribution in [-0.2, 0) is 0 Å². The molecule has 20 heavy (non-hydrogen) atoms. The van der Waals surface area contributed by atoms with Crippen LogP contribution < -0.4 is 0 Å². The van der Waals surface area contributed by atoms with Crippen molar-refractivity contribution < 1.29 is 0 Å². The van der Waals surface area contributed by atoms with Gasteiger partial charge in [-0.15, -0.1) is 0 Å². The third-order valence-electron chi connectivity index (χ3n) is 3.83. The molecule has 0 amide bonds. The van der Waals surface area contributed by atoms with Crippen LogP contribution in [0.15, 0.2) is 47.6 Å². The van der Waals surface area contributed by atoms with Gasteiger partial charge < -0.3 is 0 Å². The fourth-order valence-electron chi connectivity index (χ4n) is 2.33. The summed E-state index contributed by atoms with van der Waals surface area (Å²) in [5.74, 6) is 0.650. The topological polar surface area (TPSA) is 0 Å². The molecule has 0 radical (unpaired) electrons. The van der Waals surface area contributed by atoms with Gasteiger partial charge in [-0.25, -0.2) is 0 Å². The molecule has 0 aromatic heterocycles. The molecule has 1 unspecified atom stereocenters. The zero-order valence-corrected chi connectivity index (χ0v) is 13.9. The number of rotatable bonds is 7. The molecule has 0 saturated carbocycles. The zero-order valence-electron chi connectivity index (χ0n) is 13.9. The Morgan fingerprint density at radius 1 is 1.00 bits per heavy atom. The van der Waals surface area contributed by atoms with E-state index < -0.39 is 0 Å². The van der Waals surface area contributed by atoms with Crippen molar-refractivity contribution in [1.82, 2.24) is 0 Å². The van der Waals surface area contributed by atoms with Crippen LogP contribution in [0.2, 0.25) is 0 Å². The Morgan fingerprint density at radius 2 is 1.65 bits per heavy atom. The number of hydrogen-bond donors (Lipinski definition) is 0. The largest absolute Gasteiger partial charge is 0.0856 e. The fourth-order valence-corrected chi connectivity index (χ4v) is 2.33. The molecular weight excluding hydrogens is 240 g/mol. The molecule has 0 aliphatic rings. The number of benzene rings is 1. The molecule has 0 nitrogen and oxygen atoms in total. The summed E-state index contributed by atoms with van der Waals surface area (Å²) in [6.07, 6.45) is 9.55. The van der Waals surface area contributed by atoms with Gasteiger partial charge in [0.05, 0.1) is 0 Å². The highest BCUT2D eigenvalue weighted by molar-refractivity contribution is 5.24. The van der Waals surface area contributed by atoms with Crippen LogP contribution in [-0.4, -0.2) is 0 Å². The normalized spacial score (nSPS) is 13.2. The first kappa shape index (κ1) is 16.8. The van der Waals surface area contributed by atoms with E-state index in [4.69, 9.17) is 0 Å². The molecule has 0 N–H and O–H groups in total. The first-order chi connectivity index (χ1) is 9.49. The molecule has 1 atom stereocenters. The Balaban J connectivity index is 2.35. The van der Waals surface area contributed by atoms with E-state index in [0.717, 1.165) is 0 Å². The van der Waals surface area contributed by atoms with E-state index in [1.807, 2.05) is 0 Å². The molecule has 0 aliphatic heterocycles. The first-order valence-corrected chi connectivity index (χ1v) is 7.84. The highest BCUT2D eigenvalue weighted by Gasteiger charge is 2.03. The summed E-state index contributed by atoms with van der Waals surface area (Å²) in [6.45, 7) is 11.1. The summed E-state index contributed by atoms with van der Waals surface area (Å²) in [5.41, 5.74) is 5.76. The Hall–Kier alpha value is -1.30. The smallest absolute Gasteiger partial charge is 0.0187 e. The minimum atomic E-state index is 0.650. The highest BCUT2D eigenvalue weighted by Crippen LogP contribution is 2.21. The molecule has 1 aromatic rings. The molecule has 0 spiro atoms. The van der Waals surface area contributed by atoms with Crippen LogP contribution in [0.25, 0.3) is 0 Å². The molecular formula is C20H30. The van der Waals surface area contributed by atoms with E-state index in [9.17, 15) is 0 Å². The van der Waals surface area contributed by atoms with E-state index >= 15 is 0 Å². The SMILES string of the molecule is CC(C)=CCC/C(C)=C/CCC(C)c1ccc(C)cc1. The Morgan fingerprint density at radius 3 is 2.25 bits per heavy atom. The van der Waals surface area contributed by atoms with Crippen molar-refractivity contribution in [3.05, 3.63) is 58.7 Å². The van der Waals surface area contributed by atoms with Crippen LogP contribution in [0.5, 0.6) is 0 Å². The Bertz CT molecular complexity index is 441. The summed E-state index contributed by atoms with van der Waals surface area (Å²) in [4.78, 5) is 0. The fraction of sp³-hybridized carbons (Fsp3) is 0.500. The Labute approximate surface area is 125 Å². The van der Waals surface area contributed by atoms with Gasteiger partial charge in [-0.1, -0.05) is 60.1 Å². The van der Waals surface area contributed by atoms with Crippen LogP contribution in [0, 0.1) is 6.92 Å². The highest BCUT2D eigenvalue weighted by atomic mass is 14.1. The minimum Gasteiger partial charge on any atom is -0.0856 e. The van der Waals surface area contributed by atoms with Crippen LogP contribution >= 0.6 is 0 Å². The summed E-state index contributed by atoms with van der Waals surface area (Å²) < 4.78 is 0. The van der Waals surface area contributed by atoms with Gasteiger partial charge in [0.15, 0.2) is 0 Å². The minimum absolute atomic E-state index is 0.650. The molecule has 1 aromatic carbocycles. The van der Waals surface area contributed by atoms with Crippen LogP contribution in [0.1, 0.15) is 70.4 Å². The van der Waals surface area contributed by atoms with Crippen molar-refractivity contribution in [3.8, 4) is 0 Å². The van der Waals surface area contributed by atoms with E-state index in [-0.39, 0.29) is 0 Å². The van der Waals surface area contributed by atoms with E-state index in [1.54, 1.807) is 0 Å². The van der Waals surface area contributed by atoms with Gasteiger partial charge in [-0.2, -0.15) is 0 Å². The quantitative estimate of drug-likeness (QED) is 0.491. The molecule has 0 saturated heterocycles. The monoisotopic (exact) mass is 270 g/mol. The Kier molecular flexibility index (Phi) is 7.36. The van der Waals surface area contributed by atoms with E-state index in [2.05, 4.69) is 71.0 Å². The first-order valence-electron chi connectivity index (χ1n) is 7.84. The number of hydrogen-bond acceptors (Lipinski definition) is 0. The summed E-state index contributed by atoms with van der Waals surface area (Å²) >= 11 is 0. The van der Waals surface area contributed by atoms with Crippen molar-refractivity contribution in [2.24, 2.45) is 0 Å². The number of allylic oxidation sites excluding steroid dienone is 4. The summed E-state index contributed by atoms with van der Waals surface area (Å²) in [7, 11) is 0. The zero-order chi connectivity index (χ0) is 15.0. The van der Waals surface area contributed by atoms with Crippen LogP contribution in [0.4, 0.5) is 0 Å². The maximum Gasteiger partial charge on any atom is -0.0187 e. The second kappa shape index (κ2) is 8.79. The molecule has 0 bridgehead atoms. The van der Waals surface area contributed by atoms with Gasteiger partial charge in [0.1, 0.15) is 0 Å². The standard InChI is InChI=1S/C20H30/c1-16(2)8-6-9-17(3)10-7-11-19(5)20-14-12-18(4)13-15-20/h8,10,12-15,19H,6-7,9,11H2,1-5H3/b17-10+. The lowest BCUT2D eigenvalue weighted by molar-refractivity contribution is 0.687. The van der Waals surface area contributed by atoms with Gasteiger partial charge in [0.2, 0.25) is 0 Å². The lowest BCUT2D eigenvalue weighted by Gasteiger charge is -2.11. The van der Waals surface area contributed by atoms with Gasteiger partial charge in [0, 0.05) is 0 Å². The lowest BCUT2D eigenvalue weighted by Crippen LogP contribution is -1.93. The lowest BCUT2D eigenvalue weighted by atomic mass is 9.95. The molecule has 0 fully saturated rings. The summed E-state index contributed by atoms with van der Waals surface area (Å²) in [5, 5.41) is 0. The average molecular weight is 270 g/mol. The maximum atomic E-state index is 2.42. The molecule has 110 valence electrons. The van der Waals surface area contributed by atoms with E-state index in [0.29, 0.717) is 5.92 Å².